The second-order valence-corrected chi connectivity index (χ2v) is 3.43. The molecule has 80 valence electrons. The molecule has 0 spiro atoms. The lowest BCUT2D eigenvalue weighted by molar-refractivity contribution is 0.176. The molecular weight excluding hydrogens is 180 g/mol. The summed E-state index contributed by atoms with van der Waals surface area (Å²) in [5.41, 5.74) is 6.28. The van der Waals surface area contributed by atoms with E-state index in [1.165, 1.54) is 0 Å². The van der Waals surface area contributed by atoms with Crippen molar-refractivity contribution in [1.29, 1.82) is 0 Å². The quantitative estimate of drug-likeness (QED) is 0.646. The number of nitrogens with one attached hydrogen (secondary N) is 1. The molecular formula is C9H18N4O. The predicted molar refractivity (Wildman–Crippen MR) is 57.0 cm³/mol. The average molecular weight is 198 g/mol. The Labute approximate surface area is 83.9 Å². The fraction of sp³-hybridized carbons (Fsp3) is 0.667. The second kappa shape index (κ2) is 4.85. The molecule has 1 unspecified atom stereocenters. The molecule has 1 heterocycles. The standard InChI is InChI=1S/C9H18N4O/c1-3-4-7(14)5-11-9-8(10)6-13(2)12-9/h6-7,14H,3-5,10H2,1-2H3,(H,11,12). The summed E-state index contributed by atoms with van der Waals surface area (Å²) < 4.78 is 1.64. The molecule has 14 heavy (non-hydrogen) atoms. The van der Waals surface area contributed by atoms with E-state index in [9.17, 15) is 5.11 Å². The van der Waals surface area contributed by atoms with Gasteiger partial charge in [-0.15, -0.1) is 0 Å². The monoisotopic (exact) mass is 198 g/mol. The van der Waals surface area contributed by atoms with Crippen LogP contribution in [0.25, 0.3) is 0 Å². The van der Waals surface area contributed by atoms with Crippen molar-refractivity contribution >= 4 is 11.5 Å². The molecule has 0 aliphatic carbocycles. The van der Waals surface area contributed by atoms with Gasteiger partial charge in [-0.05, 0) is 6.42 Å². The van der Waals surface area contributed by atoms with E-state index in [2.05, 4.69) is 10.4 Å². The highest BCUT2D eigenvalue weighted by Crippen LogP contribution is 2.14. The normalized spacial score (nSPS) is 12.8. The molecule has 0 saturated carbocycles. The van der Waals surface area contributed by atoms with Gasteiger partial charge in [-0.3, -0.25) is 4.68 Å². The molecule has 5 heteroatoms. The van der Waals surface area contributed by atoms with E-state index in [4.69, 9.17) is 5.73 Å². The van der Waals surface area contributed by atoms with E-state index in [1.807, 2.05) is 14.0 Å². The Morgan fingerprint density at radius 2 is 2.43 bits per heavy atom. The van der Waals surface area contributed by atoms with Crippen molar-refractivity contribution in [3.8, 4) is 0 Å². The van der Waals surface area contributed by atoms with Gasteiger partial charge < -0.3 is 16.2 Å². The third kappa shape index (κ3) is 2.92. The van der Waals surface area contributed by atoms with Crippen LogP contribution in [0.3, 0.4) is 0 Å². The van der Waals surface area contributed by atoms with Crippen LogP contribution in [0.1, 0.15) is 19.8 Å². The minimum atomic E-state index is -0.332. The van der Waals surface area contributed by atoms with Gasteiger partial charge in [0.15, 0.2) is 5.82 Å². The number of aryl methyl sites for hydroxylation is 1. The predicted octanol–water partition coefficient (Wildman–Crippen LogP) is 0.575. The Hall–Kier alpha value is -1.23. The number of aliphatic hydroxyl groups excluding tert-OH is 1. The van der Waals surface area contributed by atoms with Crippen LogP contribution >= 0.6 is 0 Å². The Balaban J connectivity index is 2.41. The fourth-order valence-corrected chi connectivity index (χ4v) is 1.29. The lowest BCUT2D eigenvalue weighted by Gasteiger charge is -2.09. The summed E-state index contributed by atoms with van der Waals surface area (Å²) in [5.74, 6) is 0.641. The lowest BCUT2D eigenvalue weighted by atomic mass is 10.2. The fourth-order valence-electron chi connectivity index (χ4n) is 1.29. The smallest absolute Gasteiger partial charge is 0.171 e. The first-order valence-electron chi connectivity index (χ1n) is 4.84. The van der Waals surface area contributed by atoms with Crippen LogP contribution in [0.15, 0.2) is 6.20 Å². The van der Waals surface area contributed by atoms with E-state index in [1.54, 1.807) is 10.9 Å². The minimum Gasteiger partial charge on any atom is -0.394 e. The molecule has 0 radical (unpaired) electrons. The van der Waals surface area contributed by atoms with Gasteiger partial charge >= 0.3 is 0 Å². The summed E-state index contributed by atoms with van der Waals surface area (Å²) in [7, 11) is 1.81. The SMILES string of the molecule is CCCC(O)CNc1nn(C)cc1N. The van der Waals surface area contributed by atoms with Gasteiger partial charge in [0, 0.05) is 19.8 Å². The zero-order valence-electron chi connectivity index (χ0n) is 8.70. The molecule has 0 aliphatic heterocycles. The number of hydrogen-bond acceptors (Lipinski definition) is 4. The van der Waals surface area contributed by atoms with Crippen molar-refractivity contribution in [2.24, 2.45) is 7.05 Å². The molecule has 1 aromatic heterocycles. The highest BCUT2D eigenvalue weighted by atomic mass is 16.3. The molecule has 5 nitrogen and oxygen atoms in total. The van der Waals surface area contributed by atoms with Crippen molar-refractivity contribution < 1.29 is 5.11 Å². The molecule has 0 aliphatic rings. The lowest BCUT2D eigenvalue weighted by Crippen LogP contribution is -2.19. The van der Waals surface area contributed by atoms with Crippen LogP contribution < -0.4 is 11.1 Å². The minimum absolute atomic E-state index is 0.332. The van der Waals surface area contributed by atoms with Crippen molar-refractivity contribution in [1.82, 2.24) is 9.78 Å². The summed E-state index contributed by atoms with van der Waals surface area (Å²) in [4.78, 5) is 0. The number of aromatic nitrogens is 2. The van der Waals surface area contributed by atoms with Gasteiger partial charge in [0.25, 0.3) is 0 Å². The van der Waals surface area contributed by atoms with Gasteiger partial charge in [-0.2, -0.15) is 5.10 Å². The number of nitrogens with zero attached hydrogens (tertiary/aromatic N) is 2. The molecule has 0 aromatic carbocycles. The molecule has 0 fully saturated rings. The number of aliphatic hydroxyl groups is 1. The number of hydrogen-bond donors (Lipinski definition) is 3. The number of nitrogen functional groups attached to an aromatic ring is 1. The van der Waals surface area contributed by atoms with Crippen LogP contribution in [0.4, 0.5) is 11.5 Å². The summed E-state index contributed by atoms with van der Waals surface area (Å²) >= 11 is 0. The maximum absolute atomic E-state index is 9.47. The van der Waals surface area contributed by atoms with Crippen LogP contribution in [0.2, 0.25) is 0 Å². The highest BCUT2D eigenvalue weighted by Gasteiger charge is 2.06. The topological polar surface area (TPSA) is 76.1 Å². The largest absolute Gasteiger partial charge is 0.394 e. The number of rotatable bonds is 5. The Bertz CT molecular complexity index is 284. The molecule has 1 rings (SSSR count). The zero-order valence-corrected chi connectivity index (χ0v) is 8.70. The maximum atomic E-state index is 9.47. The van der Waals surface area contributed by atoms with Gasteiger partial charge in [-0.25, -0.2) is 0 Å². The first-order chi connectivity index (χ1) is 6.63. The van der Waals surface area contributed by atoms with Crippen LogP contribution in [0, 0.1) is 0 Å². The Kier molecular flexibility index (Phi) is 3.76. The summed E-state index contributed by atoms with van der Waals surface area (Å²) in [6.07, 6.45) is 3.16. The van der Waals surface area contributed by atoms with Gasteiger partial charge in [0.05, 0.1) is 11.8 Å². The zero-order chi connectivity index (χ0) is 10.6. The van der Waals surface area contributed by atoms with E-state index in [0.717, 1.165) is 12.8 Å². The Morgan fingerprint density at radius 3 is 2.93 bits per heavy atom. The second-order valence-electron chi connectivity index (χ2n) is 3.43. The third-order valence-corrected chi connectivity index (χ3v) is 1.98. The molecule has 1 atom stereocenters. The van der Waals surface area contributed by atoms with Gasteiger partial charge in [0.1, 0.15) is 0 Å². The van der Waals surface area contributed by atoms with Crippen molar-refractivity contribution in [2.75, 3.05) is 17.6 Å². The Morgan fingerprint density at radius 1 is 1.71 bits per heavy atom. The van der Waals surface area contributed by atoms with Gasteiger partial charge in [-0.1, -0.05) is 13.3 Å². The third-order valence-electron chi connectivity index (χ3n) is 1.98. The van der Waals surface area contributed by atoms with Crippen molar-refractivity contribution in [3.63, 3.8) is 0 Å². The molecule has 4 N–H and O–H groups in total. The number of nitrogens with two attached hydrogens (primary N) is 1. The molecule has 0 bridgehead atoms. The van der Waals surface area contributed by atoms with Gasteiger partial charge in [0.2, 0.25) is 0 Å². The first kappa shape index (κ1) is 10.8. The van der Waals surface area contributed by atoms with Crippen LogP contribution in [-0.2, 0) is 7.05 Å². The number of anilines is 2. The van der Waals surface area contributed by atoms with Crippen molar-refractivity contribution in [2.45, 2.75) is 25.9 Å². The molecule has 0 amide bonds. The average Bonchev–Trinajstić information content (AvgIpc) is 2.42. The van der Waals surface area contributed by atoms with E-state index < -0.39 is 0 Å². The molecule has 1 aromatic rings. The summed E-state index contributed by atoms with van der Waals surface area (Å²) in [6.45, 7) is 2.54. The van der Waals surface area contributed by atoms with Crippen molar-refractivity contribution in [3.05, 3.63) is 6.20 Å². The van der Waals surface area contributed by atoms with E-state index in [-0.39, 0.29) is 6.10 Å². The summed E-state index contributed by atoms with van der Waals surface area (Å²) in [5, 5.41) is 16.6. The van der Waals surface area contributed by atoms with E-state index >= 15 is 0 Å². The first-order valence-corrected chi connectivity index (χ1v) is 4.84. The van der Waals surface area contributed by atoms with Crippen LogP contribution in [-0.4, -0.2) is 27.5 Å². The maximum Gasteiger partial charge on any atom is 0.171 e. The molecule has 0 saturated heterocycles. The highest BCUT2D eigenvalue weighted by molar-refractivity contribution is 5.59. The van der Waals surface area contributed by atoms with Crippen LogP contribution in [0.5, 0.6) is 0 Å². The van der Waals surface area contributed by atoms with E-state index in [0.29, 0.717) is 18.1 Å². The summed E-state index contributed by atoms with van der Waals surface area (Å²) in [6, 6.07) is 0.